The number of hydrogen-bond acceptors (Lipinski definition) is 4. The molecule has 0 bridgehead atoms. The summed E-state index contributed by atoms with van der Waals surface area (Å²) in [5.74, 6) is -0.0185. The van der Waals surface area contributed by atoms with E-state index in [9.17, 15) is 4.79 Å². The second-order valence-electron chi connectivity index (χ2n) is 1.60. The minimum atomic E-state index is -1.39. The van der Waals surface area contributed by atoms with Gasteiger partial charge in [0.15, 0.2) is 0 Å². The van der Waals surface area contributed by atoms with Crippen LogP contribution in [0.1, 0.15) is 0 Å². The van der Waals surface area contributed by atoms with Crippen LogP contribution >= 0.6 is 0 Å². The van der Waals surface area contributed by atoms with E-state index in [-0.39, 0.29) is 5.88 Å². The van der Waals surface area contributed by atoms with Gasteiger partial charge in [0.2, 0.25) is 0 Å². The van der Waals surface area contributed by atoms with Crippen molar-refractivity contribution in [2.75, 3.05) is 0 Å². The normalized spacial score (nSPS) is 9.30. The van der Waals surface area contributed by atoms with Crippen LogP contribution in [-0.2, 0) is 7.05 Å². The summed E-state index contributed by atoms with van der Waals surface area (Å²) >= 11 is 0. The van der Waals surface area contributed by atoms with Crippen LogP contribution in [0.3, 0.4) is 0 Å². The molecule has 0 aromatic carbocycles. The number of carbonyl (C=O) groups is 1. The Morgan fingerprint density at radius 1 is 1.90 bits per heavy atom. The second-order valence-corrected chi connectivity index (χ2v) is 1.60. The quantitative estimate of drug-likeness (QED) is 0.554. The summed E-state index contributed by atoms with van der Waals surface area (Å²) in [6, 6.07) is 0. The van der Waals surface area contributed by atoms with Crippen molar-refractivity contribution in [3.8, 4) is 5.88 Å². The fourth-order valence-corrected chi connectivity index (χ4v) is 0.462. The Morgan fingerprint density at radius 3 is 3.00 bits per heavy atom. The van der Waals surface area contributed by atoms with E-state index in [1.807, 2.05) is 0 Å². The first kappa shape index (κ1) is 6.53. The molecule has 1 heterocycles. The fourth-order valence-electron chi connectivity index (χ4n) is 0.462. The molecule has 0 aliphatic carbocycles. The molecule has 0 amide bonds. The molecule has 54 valence electrons. The van der Waals surface area contributed by atoms with Crippen molar-refractivity contribution in [3.63, 3.8) is 0 Å². The van der Waals surface area contributed by atoms with Gasteiger partial charge >= 0.3 is 6.16 Å². The van der Waals surface area contributed by atoms with E-state index in [2.05, 4.69) is 15.0 Å². The molecular formula is C4H5N3O3. The Balaban J connectivity index is 2.67. The summed E-state index contributed by atoms with van der Waals surface area (Å²) in [7, 11) is 1.61. The van der Waals surface area contributed by atoms with Crippen LogP contribution in [0.25, 0.3) is 0 Å². The first-order valence-electron chi connectivity index (χ1n) is 2.45. The molecule has 0 spiro atoms. The number of aromatic nitrogens is 3. The summed E-state index contributed by atoms with van der Waals surface area (Å²) in [5.41, 5.74) is 0. The first-order chi connectivity index (χ1) is 4.68. The lowest BCUT2D eigenvalue weighted by molar-refractivity contribution is 0.142. The van der Waals surface area contributed by atoms with Gasteiger partial charge < -0.3 is 9.84 Å². The predicted molar refractivity (Wildman–Crippen MR) is 29.7 cm³/mol. The van der Waals surface area contributed by atoms with Gasteiger partial charge in [-0.05, 0) is 0 Å². The highest BCUT2D eigenvalue weighted by atomic mass is 16.7. The molecule has 0 aliphatic rings. The lowest BCUT2D eigenvalue weighted by atomic mass is 10.8. The zero-order valence-electron chi connectivity index (χ0n) is 5.18. The average molecular weight is 143 g/mol. The Bertz CT molecular complexity index is 244. The lowest BCUT2D eigenvalue weighted by Gasteiger charge is -1.87. The Hall–Kier alpha value is -1.59. The van der Waals surface area contributed by atoms with Crippen molar-refractivity contribution >= 4 is 6.16 Å². The van der Waals surface area contributed by atoms with Crippen molar-refractivity contribution in [1.82, 2.24) is 15.0 Å². The van der Waals surface area contributed by atoms with E-state index in [0.29, 0.717) is 0 Å². The molecule has 1 N–H and O–H groups in total. The molecule has 0 aliphatic heterocycles. The average Bonchev–Trinajstić information content (AvgIpc) is 2.13. The van der Waals surface area contributed by atoms with Gasteiger partial charge in [-0.1, -0.05) is 10.3 Å². The Kier molecular flexibility index (Phi) is 1.53. The summed E-state index contributed by atoms with van der Waals surface area (Å²) < 4.78 is 5.50. The van der Waals surface area contributed by atoms with Gasteiger partial charge in [0, 0.05) is 7.05 Å². The molecule has 0 saturated heterocycles. The SMILES string of the molecule is Cn1cc(OC(=O)O)nn1. The van der Waals surface area contributed by atoms with Crippen molar-refractivity contribution < 1.29 is 14.6 Å². The maximum atomic E-state index is 9.88. The van der Waals surface area contributed by atoms with Crippen LogP contribution in [0.15, 0.2) is 6.20 Å². The maximum Gasteiger partial charge on any atom is 0.512 e. The topological polar surface area (TPSA) is 77.2 Å². The van der Waals surface area contributed by atoms with Crippen LogP contribution in [0.2, 0.25) is 0 Å². The van der Waals surface area contributed by atoms with Crippen LogP contribution in [-0.4, -0.2) is 26.3 Å². The fraction of sp³-hybridized carbons (Fsp3) is 0.250. The number of carboxylic acid groups (broad SMARTS) is 1. The molecule has 0 saturated carbocycles. The molecule has 0 radical (unpaired) electrons. The van der Waals surface area contributed by atoms with Gasteiger partial charge in [-0.25, -0.2) is 4.79 Å². The van der Waals surface area contributed by atoms with Crippen molar-refractivity contribution in [2.45, 2.75) is 0 Å². The van der Waals surface area contributed by atoms with Crippen LogP contribution in [0, 0.1) is 0 Å². The highest BCUT2D eigenvalue weighted by Crippen LogP contribution is 2.00. The third kappa shape index (κ3) is 1.44. The third-order valence-electron chi connectivity index (χ3n) is 0.774. The van der Waals surface area contributed by atoms with E-state index in [0.717, 1.165) is 0 Å². The lowest BCUT2D eigenvalue weighted by Crippen LogP contribution is -2.02. The van der Waals surface area contributed by atoms with Crippen LogP contribution in [0.5, 0.6) is 5.88 Å². The van der Waals surface area contributed by atoms with Gasteiger partial charge in [-0.2, -0.15) is 0 Å². The predicted octanol–water partition coefficient (Wildman–Crippen LogP) is -0.128. The molecule has 1 aromatic heterocycles. The van der Waals surface area contributed by atoms with E-state index >= 15 is 0 Å². The first-order valence-corrected chi connectivity index (χ1v) is 2.45. The van der Waals surface area contributed by atoms with Crippen molar-refractivity contribution in [2.24, 2.45) is 7.05 Å². The summed E-state index contributed by atoms with van der Waals surface area (Å²) in [6.07, 6.45) is -0.0331. The Morgan fingerprint density at radius 2 is 2.60 bits per heavy atom. The number of ether oxygens (including phenoxy) is 1. The highest BCUT2D eigenvalue weighted by molar-refractivity contribution is 5.59. The van der Waals surface area contributed by atoms with Gasteiger partial charge in [0.1, 0.15) is 0 Å². The smallest absolute Gasteiger partial charge is 0.449 e. The monoisotopic (exact) mass is 143 g/mol. The molecule has 0 unspecified atom stereocenters. The number of aryl methyl sites for hydroxylation is 1. The largest absolute Gasteiger partial charge is 0.512 e. The summed E-state index contributed by atoms with van der Waals surface area (Å²) in [5, 5.41) is 14.9. The third-order valence-corrected chi connectivity index (χ3v) is 0.774. The van der Waals surface area contributed by atoms with E-state index in [1.165, 1.54) is 10.9 Å². The molecule has 0 atom stereocenters. The van der Waals surface area contributed by atoms with Crippen molar-refractivity contribution in [3.05, 3.63) is 6.20 Å². The maximum absolute atomic E-state index is 9.88. The zero-order chi connectivity index (χ0) is 7.56. The molecule has 1 rings (SSSR count). The summed E-state index contributed by atoms with van der Waals surface area (Å²) in [4.78, 5) is 9.88. The number of rotatable bonds is 1. The second kappa shape index (κ2) is 2.34. The van der Waals surface area contributed by atoms with Crippen LogP contribution < -0.4 is 4.74 Å². The molecular weight excluding hydrogens is 138 g/mol. The van der Waals surface area contributed by atoms with Crippen LogP contribution in [0.4, 0.5) is 4.79 Å². The molecule has 1 aromatic rings. The Labute approximate surface area is 56.0 Å². The number of nitrogens with zero attached hydrogens (tertiary/aromatic N) is 3. The molecule has 10 heavy (non-hydrogen) atoms. The van der Waals surface area contributed by atoms with E-state index in [4.69, 9.17) is 5.11 Å². The number of hydrogen-bond donors (Lipinski definition) is 1. The van der Waals surface area contributed by atoms with E-state index < -0.39 is 6.16 Å². The van der Waals surface area contributed by atoms with E-state index in [1.54, 1.807) is 7.05 Å². The highest BCUT2D eigenvalue weighted by Gasteiger charge is 2.02. The van der Waals surface area contributed by atoms with Gasteiger partial charge in [0.05, 0.1) is 6.20 Å². The van der Waals surface area contributed by atoms with Crippen molar-refractivity contribution in [1.29, 1.82) is 0 Å². The molecule has 0 fully saturated rings. The molecule has 6 nitrogen and oxygen atoms in total. The van der Waals surface area contributed by atoms with Gasteiger partial charge in [-0.15, -0.1) is 0 Å². The van der Waals surface area contributed by atoms with Gasteiger partial charge in [-0.3, -0.25) is 4.68 Å². The minimum Gasteiger partial charge on any atom is -0.449 e. The molecule has 6 heteroatoms. The van der Waals surface area contributed by atoms with Gasteiger partial charge in [0.25, 0.3) is 5.88 Å². The standard InChI is InChI=1S/C4H5N3O3/c1-7-2-3(5-6-7)10-4(8)9/h2H,1H3,(H,8,9). The minimum absolute atomic E-state index is 0.0185. The summed E-state index contributed by atoms with van der Waals surface area (Å²) in [6.45, 7) is 0. The zero-order valence-corrected chi connectivity index (χ0v) is 5.18.